The molecule has 1 aliphatic rings. The van der Waals surface area contributed by atoms with Gasteiger partial charge in [-0.15, -0.1) is 0 Å². The van der Waals surface area contributed by atoms with Crippen molar-refractivity contribution < 1.29 is 4.74 Å². The molecule has 0 unspecified atom stereocenters. The lowest BCUT2D eigenvalue weighted by Crippen LogP contribution is -2.43. The van der Waals surface area contributed by atoms with Crippen molar-refractivity contribution in [3.8, 4) is 5.75 Å². The van der Waals surface area contributed by atoms with Gasteiger partial charge in [-0.25, -0.2) is 0 Å². The molecular weight excluding hydrogens is 198 g/mol. The largest absolute Gasteiger partial charge is 0.489 e. The Kier molecular flexibility index (Phi) is 2.66. The molecule has 76 valence electrons. The van der Waals surface area contributed by atoms with Crippen LogP contribution in [-0.2, 0) is 0 Å². The Hall–Kier alpha value is -0.730. The summed E-state index contributed by atoms with van der Waals surface area (Å²) in [4.78, 5) is 0. The van der Waals surface area contributed by atoms with Crippen LogP contribution in [-0.4, -0.2) is 12.1 Å². The summed E-state index contributed by atoms with van der Waals surface area (Å²) < 4.78 is 5.72. The number of halogens is 1. The summed E-state index contributed by atoms with van der Waals surface area (Å²) in [6.07, 6.45) is 2.12. The second-order valence-corrected chi connectivity index (χ2v) is 4.31. The van der Waals surface area contributed by atoms with E-state index >= 15 is 0 Å². The zero-order valence-corrected chi connectivity index (χ0v) is 8.92. The Morgan fingerprint density at radius 2 is 2.14 bits per heavy atom. The molecule has 1 saturated carbocycles. The summed E-state index contributed by atoms with van der Waals surface area (Å²) in [6.45, 7) is 2.02. The van der Waals surface area contributed by atoms with Crippen LogP contribution in [0.15, 0.2) is 18.2 Å². The van der Waals surface area contributed by atoms with Crippen molar-refractivity contribution in [2.75, 3.05) is 0 Å². The zero-order chi connectivity index (χ0) is 10.1. The number of hydrogen-bond acceptors (Lipinski definition) is 2. The predicted octanol–water partition coefficient (Wildman–Crippen LogP) is 2.52. The first-order chi connectivity index (χ1) is 6.65. The number of nitrogens with two attached hydrogens (primary N) is 1. The maximum Gasteiger partial charge on any atom is 0.138 e. The van der Waals surface area contributed by atoms with Crippen LogP contribution in [0.5, 0.6) is 5.75 Å². The van der Waals surface area contributed by atoms with E-state index in [4.69, 9.17) is 22.1 Å². The molecule has 0 bridgehead atoms. The summed E-state index contributed by atoms with van der Waals surface area (Å²) >= 11 is 6.00. The van der Waals surface area contributed by atoms with E-state index in [0.29, 0.717) is 11.1 Å². The highest BCUT2D eigenvalue weighted by Gasteiger charge is 2.28. The lowest BCUT2D eigenvalue weighted by molar-refractivity contribution is 0.101. The van der Waals surface area contributed by atoms with Gasteiger partial charge in [-0.1, -0.05) is 17.7 Å². The Morgan fingerprint density at radius 1 is 1.43 bits per heavy atom. The van der Waals surface area contributed by atoms with Gasteiger partial charge in [0.2, 0.25) is 0 Å². The van der Waals surface area contributed by atoms with Gasteiger partial charge in [-0.3, -0.25) is 0 Å². The highest BCUT2D eigenvalue weighted by Crippen LogP contribution is 2.30. The molecule has 14 heavy (non-hydrogen) atoms. The lowest BCUT2D eigenvalue weighted by atomic mass is 9.90. The summed E-state index contributed by atoms with van der Waals surface area (Å²) in [5, 5.41) is 0.677. The van der Waals surface area contributed by atoms with Crippen molar-refractivity contribution in [2.24, 2.45) is 5.73 Å². The molecule has 0 spiro atoms. The van der Waals surface area contributed by atoms with Crippen molar-refractivity contribution in [1.29, 1.82) is 0 Å². The van der Waals surface area contributed by atoms with Crippen LogP contribution in [0.1, 0.15) is 18.4 Å². The molecule has 0 aliphatic heterocycles. The van der Waals surface area contributed by atoms with E-state index in [2.05, 4.69) is 0 Å². The van der Waals surface area contributed by atoms with E-state index in [1.54, 1.807) is 0 Å². The van der Waals surface area contributed by atoms with Gasteiger partial charge in [0.05, 0.1) is 5.02 Å². The standard InChI is InChI=1S/C11H14ClNO/c1-7-2-3-10(12)11(4-7)14-9-5-8(13)6-9/h2-4,8-9H,5-6,13H2,1H3. The maximum absolute atomic E-state index is 6.00. The number of ether oxygens (including phenoxy) is 1. The SMILES string of the molecule is Cc1ccc(Cl)c(OC2CC(N)C2)c1. The van der Waals surface area contributed by atoms with Crippen molar-refractivity contribution in [3.63, 3.8) is 0 Å². The number of hydrogen-bond donors (Lipinski definition) is 1. The third-order valence-electron chi connectivity index (χ3n) is 2.51. The Labute approximate surface area is 89.0 Å². The van der Waals surface area contributed by atoms with E-state index in [-0.39, 0.29) is 6.10 Å². The van der Waals surface area contributed by atoms with Crippen molar-refractivity contribution >= 4 is 11.6 Å². The van der Waals surface area contributed by atoms with Crippen molar-refractivity contribution in [1.82, 2.24) is 0 Å². The second kappa shape index (κ2) is 3.79. The summed E-state index contributed by atoms with van der Waals surface area (Å²) in [5.74, 6) is 0.781. The molecule has 2 N–H and O–H groups in total. The van der Waals surface area contributed by atoms with Crippen LogP contribution in [0.3, 0.4) is 0 Å². The molecule has 0 atom stereocenters. The maximum atomic E-state index is 6.00. The van der Waals surface area contributed by atoms with E-state index in [9.17, 15) is 0 Å². The Balaban J connectivity index is 2.05. The molecule has 1 fully saturated rings. The number of benzene rings is 1. The second-order valence-electron chi connectivity index (χ2n) is 3.91. The normalized spacial score (nSPS) is 25.6. The van der Waals surface area contributed by atoms with E-state index in [1.165, 1.54) is 0 Å². The van der Waals surface area contributed by atoms with Gasteiger partial charge in [0.25, 0.3) is 0 Å². The molecule has 2 rings (SSSR count). The van der Waals surface area contributed by atoms with Gasteiger partial charge >= 0.3 is 0 Å². The first kappa shape index (κ1) is 9.81. The molecule has 0 saturated heterocycles. The van der Waals surface area contributed by atoms with E-state index in [1.807, 2.05) is 25.1 Å². The third kappa shape index (κ3) is 2.02. The Morgan fingerprint density at radius 3 is 2.79 bits per heavy atom. The van der Waals surface area contributed by atoms with Crippen LogP contribution in [0.2, 0.25) is 5.02 Å². The van der Waals surface area contributed by atoms with Crippen LogP contribution >= 0.6 is 11.6 Å². The number of aryl methyl sites for hydroxylation is 1. The molecule has 0 aromatic heterocycles. The summed E-state index contributed by atoms with van der Waals surface area (Å²) in [6, 6.07) is 6.11. The first-order valence-electron chi connectivity index (χ1n) is 4.83. The van der Waals surface area contributed by atoms with Gasteiger partial charge in [-0.05, 0) is 37.5 Å². The highest BCUT2D eigenvalue weighted by molar-refractivity contribution is 6.32. The molecular formula is C11H14ClNO. The molecule has 1 aromatic rings. The van der Waals surface area contributed by atoms with Gasteiger partial charge < -0.3 is 10.5 Å². The fraction of sp³-hybridized carbons (Fsp3) is 0.455. The topological polar surface area (TPSA) is 35.2 Å². The molecule has 1 aliphatic carbocycles. The fourth-order valence-corrected chi connectivity index (χ4v) is 1.75. The van der Waals surface area contributed by atoms with Gasteiger partial charge in [0.1, 0.15) is 11.9 Å². The zero-order valence-electron chi connectivity index (χ0n) is 8.16. The van der Waals surface area contributed by atoms with Gasteiger partial charge in [0, 0.05) is 6.04 Å². The molecule has 1 aromatic carbocycles. The first-order valence-corrected chi connectivity index (χ1v) is 5.21. The average Bonchev–Trinajstić information content (AvgIpc) is 2.09. The molecule has 2 nitrogen and oxygen atoms in total. The number of rotatable bonds is 2. The van der Waals surface area contributed by atoms with Crippen molar-refractivity contribution in [3.05, 3.63) is 28.8 Å². The minimum absolute atomic E-state index is 0.254. The van der Waals surface area contributed by atoms with Gasteiger partial charge in [0.15, 0.2) is 0 Å². The highest BCUT2D eigenvalue weighted by atomic mass is 35.5. The summed E-state index contributed by atoms with van der Waals surface area (Å²) in [7, 11) is 0. The van der Waals surface area contributed by atoms with Crippen LogP contribution < -0.4 is 10.5 Å². The minimum atomic E-state index is 0.254. The molecule has 0 heterocycles. The van der Waals surface area contributed by atoms with Gasteiger partial charge in [-0.2, -0.15) is 0 Å². The fourth-order valence-electron chi connectivity index (χ4n) is 1.58. The van der Waals surface area contributed by atoms with E-state index in [0.717, 1.165) is 24.2 Å². The minimum Gasteiger partial charge on any atom is -0.489 e. The molecule has 0 radical (unpaired) electrons. The lowest BCUT2D eigenvalue weighted by Gasteiger charge is -2.32. The molecule has 0 amide bonds. The molecule has 3 heteroatoms. The third-order valence-corrected chi connectivity index (χ3v) is 2.82. The van der Waals surface area contributed by atoms with Crippen LogP contribution in [0.25, 0.3) is 0 Å². The van der Waals surface area contributed by atoms with E-state index < -0.39 is 0 Å². The Bertz CT molecular complexity index is 334. The quantitative estimate of drug-likeness (QED) is 0.816. The monoisotopic (exact) mass is 211 g/mol. The van der Waals surface area contributed by atoms with Crippen LogP contribution in [0, 0.1) is 6.92 Å². The van der Waals surface area contributed by atoms with Crippen molar-refractivity contribution in [2.45, 2.75) is 31.9 Å². The van der Waals surface area contributed by atoms with Crippen LogP contribution in [0.4, 0.5) is 0 Å². The summed E-state index contributed by atoms with van der Waals surface area (Å²) in [5.41, 5.74) is 6.84. The predicted molar refractivity (Wildman–Crippen MR) is 57.8 cm³/mol. The smallest absolute Gasteiger partial charge is 0.138 e. The average molecular weight is 212 g/mol.